The Kier molecular flexibility index (Phi) is 4.80. The largest absolute Gasteiger partial charge is 0.279 e. The molecule has 2 aromatic carbocycles. The van der Waals surface area contributed by atoms with Gasteiger partial charge in [0.15, 0.2) is 11.5 Å². The first-order valence-electron chi connectivity index (χ1n) is 8.33. The molecule has 8 heteroatoms. The first-order valence-corrected chi connectivity index (χ1v) is 9.32. The Labute approximate surface area is 159 Å². The quantitative estimate of drug-likeness (QED) is 0.286. The zero-order valence-corrected chi connectivity index (χ0v) is 15.0. The fourth-order valence-corrected chi connectivity index (χ4v) is 3.68. The van der Waals surface area contributed by atoms with E-state index in [9.17, 15) is 10.1 Å². The average molecular weight is 377 g/mol. The third kappa shape index (κ3) is 3.65. The smallest absolute Gasteiger partial charge is 0.269 e. The van der Waals surface area contributed by atoms with Crippen LogP contribution in [0.25, 0.3) is 17.0 Å². The van der Waals surface area contributed by atoms with Crippen LogP contribution in [0.4, 0.5) is 5.69 Å². The van der Waals surface area contributed by atoms with Crippen LogP contribution in [-0.4, -0.2) is 30.3 Å². The van der Waals surface area contributed by atoms with Gasteiger partial charge in [0, 0.05) is 35.8 Å². The molecule has 0 radical (unpaired) electrons. The maximum absolute atomic E-state index is 10.8. The lowest BCUT2D eigenvalue weighted by Crippen LogP contribution is -1.95. The van der Waals surface area contributed by atoms with E-state index in [1.165, 1.54) is 17.7 Å². The third-order valence-corrected chi connectivity index (χ3v) is 5.07. The molecular formula is C19H15N5O2S. The molecule has 134 valence electrons. The maximum Gasteiger partial charge on any atom is 0.269 e. The molecule has 0 bridgehead atoms. The van der Waals surface area contributed by atoms with Gasteiger partial charge >= 0.3 is 0 Å². The van der Waals surface area contributed by atoms with Gasteiger partial charge in [-0.1, -0.05) is 30.3 Å². The van der Waals surface area contributed by atoms with Gasteiger partial charge in [0.25, 0.3) is 5.69 Å². The Balaban J connectivity index is 1.57. The first kappa shape index (κ1) is 17.2. The average Bonchev–Trinajstić information content (AvgIpc) is 3.14. The summed E-state index contributed by atoms with van der Waals surface area (Å²) in [5.74, 6) is 1.52. The SMILES string of the molecule is O=[N+]([O-])c1ccc(-c2nnc3c(SCCc4ccccc4)nccn23)cc1. The summed E-state index contributed by atoms with van der Waals surface area (Å²) in [5, 5.41) is 20.2. The number of thioether (sulfide) groups is 1. The van der Waals surface area contributed by atoms with E-state index in [1.807, 2.05) is 22.6 Å². The summed E-state index contributed by atoms with van der Waals surface area (Å²) in [5.41, 5.74) is 2.78. The molecule has 2 heterocycles. The third-order valence-electron chi connectivity index (χ3n) is 4.10. The number of fused-ring (bicyclic) bond motifs is 1. The fourth-order valence-electron chi connectivity index (χ4n) is 2.74. The highest BCUT2D eigenvalue weighted by Gasteiger charge is 2.13. The lowest BCUT2D eigenvalue weighted by Gasteiger charge is -2.04. The minimum Gasteiger partial charge on any atom is -0.279 e. The molecule has 0 aliphatic rings. The van der Waals surface area contributed by atoms with E-state index in [-0.39, 0.29) is 5.69 Å². The lowest BCUT2D eigenvalue weighted by molar-refractivity contribution is -0.384. The molecular weight excluding hydrogens is 362 g/mol. The summed E-state index contributed by atoms with van der Waals surface area (Å²) in [6.07, 6.45) is 4.46. The number of hydrogen-bond donors (Lipinski definition) is 0. The molecule has 7 nitrogen and oxygen atoms in total. The Morgan fingerprint density at radius 2 is 1.81 bits per heavy atom. The van der Waals surface area contributed by atoms with Crippen LogP contribution >= 0.6 is 11.8 Å². The molecule has 0 N–H and O–H groups in total. The Morgan fingerprint density at radius 1 is 1.04 bits per heavy atom. The standard InChI is InChI=1S/C19H15N5O2S/c25-24(26)16-8-6-15(7-9-16)17-21-22-18-19(20-11-12-23(17)18)27-13-10-14-4-2-1-3-5-14/h1-9,11-12H,10,13H2. The van der Waals surface area contributed by atoms with Gasteiger partial charge in [-0.05, 0) is 24.1 Å². The number of nitrogens with zero attached hydrogens (tertiary/aromatic N) is 5. The Bertz CT molecular complexity index is 1080. The Hall–Kier alpha value is -3.26. The zero-order chi connectivity index (χ0) is 18.6. The van der Waals surface area contributed by atoms with E-state index >= 15 is 0 Å². The highest BCUT2D eigenvalue weighted by molar-refractivity contribution is 7.99. The Morgan fingerprint density at radius 3 is 2.56 bits per heavy atom. The van der Waals surface area contributed by atoms with Gasteiger partial charge < -0.3 is 0 Å². The lowest BCUT2D eigenvalue weighted by atomic mass is 10.2. The summed E-state index contributed by atoms with van der Waals surface area (Å²) >= 11 is 1.64. The van der Waals surface area contributed by atoms with Gasteiger partial charge in [0.1, 0.15) is 5.03 Å². The zero-order valence-electron chi connectivity index (χ0n) is 14.2. The molecule has 0 saturated heterocycles. The van der Waals surface area contributed by atoms with Crippen LogP contribution in [0.2, 0.25) is 0 Å². The molecule has 0 fully saturated rings. The van der Waals surface area contributed by atoms with Crippen LogP contribution in [-0.2, 0) is 6.42 Å². The highest BCUT2D eigenvalue weighted by Crippen LogP contribution is 2.26. The van der Waals surface area contributed by atoms with Crippen molar-refractivity contribution in [1.82, 2.24) is 19.6 Å². The van der Waals surface area contributed by atoms with Crippen LogP contribution in [0, 0.1) is 10.1 Å². The number of benzene rings is 2. The first-order chi connectivity index (χ1) is 13.2. The molecule has 27 heavy (non-hydrogen) atoms. The van der Waals surface area contributed by atoms with E-state index in [4.69, 9.17) is 0 Å². The molecule has 4 aromatic rings. The van der Waals surface area contributed by atoms with Crippen LogP contribution in [0.3, 0.4) is 0 Å². The van der Waals surface area contributed by atoms with Crippen LogP contribution in [0.15, 0.2) is 72.0 Å². The monoisotopic (exact) mass is 377 g/mol. The van der Waals surface area contributed by atoms with E-state index in [2.05, 4.69) is 27.3 Å². The van der Waals surface area contributed by atoms with Crippen LogP contribution < -0.4 is 0 Å². The molecule has 0 saturated carbocycles. The van der Waals surface area contributed by atoms with Crippen molar-refractivity contribution >= 4 is 23.1 Å². The summed E-state index contributed by atoms with van der Waals surface area (Å²) in [4.78, 5) is 14.8. The predicted molar refractivity (Wildman–Crippen MR) is 104 cm³/mol. The van der Waals surface area contributed by atoms with E-state index in [0.29, 0.717) is 11.5 Å². The number of rotatable bonds is 6. The van der Waals surface area contributed by atoms with Crippen molar-refractivity contribution in [1.29, 1.82) is 0 Å². The molecule has 0 amide bonds. The minimum atomic E-state index is -0.420. The van der Waals surface area contributed by atoms with Crippen LogP contribution in [0.5, 0.6) is 0 Å². The predicted octanol–water partition coefficient (Wildman–Crippen LogP) is 4.03. The molecule has 2 aromatic heterocycles. The highest BCUT2D eigenvalue weighted by atomic mass is 32.2. The molecule has 0 aliphatic carbocycles. The van der Waals surface area contributed by atoms with Gasteiger partial charge in [-0.15, -0.1) is 22.0 Å². The van der Waals surface area contributed by atoms with Gasteiger partial charge in [-0.25, -0.2) is 4.98 Å². The van der Waals surface area contributed by atoms with E-state index < -0.39 is 4.92 Å². The molecule has 0 unspecified atom stereocenters. The molecule has 0 aliphatic heterocycles. The summed E-state index contributed by atoms with van der Waals surface area (Å²) in [7, 11) is 0. The molecule has 4 rings (SSSR count). The second-order valence-corrected chi connectivity index (χ2v) is 6.92. The number of hydrogen-bond acceptors (Lipinski definition) is 6. The van der Waals surface area contributed by atoms with Gasteiger partial charge in [-0.3, -0.25) is 14.5 Å². The van der Waals surface area contributed by atoms with E-state index in [1.54, 1.807) is 36.3 Å². The number of nitro benzene ring substituents is 1. The fraction of sp³-hybridized carbons (Fsp3) is 0.105. The van der Waals surface area contributed by atoms with E-state index in [0.717, 1.165) is 22.8 Å². The number of aryl methyl sites for hydroxylation is 1. The topological polar surface area (TPSA) is 86.2 Å². The summed E-state index contributed by atoms with van der Waals surface area (Å²) < 4.78 is 1.86. The second-order valence-electron chi connectivity index (χ2n) is 5.84. The number of aromatic nitrogens is 4. The number of non-ortho nitro benzene ring substituents is 1. The summed E-state index contributed by atoms with van der Waals surface area (Å²) in [6.45, 7) is 0. The maximum atomic E-state index is 10.8. The van der Waals surface area contributed by atoms with Gasteiger partial charge in [0.05, 0.1) is 4.92 Å². The van der Waals surface area contributed by atoms with Crippen molar-refractivity contribution in [3.63, 3.8) is 0 Å². The molecule has 0 spiro atoms. The summed E-state index contributed by atoms with van der Waals surface area (Å²) in [6, 6.07) is 16.6. The molecule has 0 atom stereocenters. The van der Waals surface area contributed by atoms with Crippen molar-refractivity contribution in [2.75, 3.05) is 5.75 Å². The van der Waals surface area contributed by atoms with Crippen LogP contribution in [0.1, 0.15) is 5.56 Å². The second kappa shape index (κ2) is 7.55. The van der Waals surface area contributed by atoms with Gasteiger partial charge in [0.2, 0.25) is 0 Å². The van der Waals surface area contributed by atoms with Crippen molar-refractivity contribution in [2.24, 2.45) is 0 Å². The van der Waals surface area contributed by atoms with Crippen molar-refractivity contribution < 1.29 is 4.92 Å². The van der Waals surface area contributed by atoms with Crippen molar-refractivity contribution in [2.45, 2.75) is 11.4 Å². The van der Waals surface area contributed by atoms with Gasteiger partial charge in [-0.2, -0.15) is 0 Å². The normalized spacial score (nSPS) is 11.0. The number of nitro groups is 1. The van der Waals surface area contributed by atoms with Crippen molar-refractivity contribution in [3.05, 3.63) is 82.7 Å². The minimum absolute atomic E-state index is 0.0476. The van der Waals surface area contributed by atoms with Crippen molar-refractivity contribution in [3.8, 4) is 11.4 Å².